The van der Waals surface area contributed by atoms with E-state index in [2.05, 4.69) is 36.5 Å². The molecule has 2 rings (SSSR count). The molecular formula is C14H14BrF3N4. The van der Waals surface area contributed by atoms with Gasteiger partial charge in [0, 0.05) is 23.6 Å². The molecule has 2 N–H and O–H groups in total. The summed E-state index contributed by atoms with van der Waals surface area (Å²) < 4.78 is 39.5. The molecule has 118 valence electrons. The monoisotopic (exact) mass is 374 g/mol. The van der Waals surface area contributed by atoms with Crippen LogP contribution in [0.1, 0.15) is 18.2 Å². The van der Waals surface area contributed by atoms with Gasteiger partial charge in [0.1, 0.15) is 5.82 Å². The molecule has 0 saturated carbocycles. The molecule has 1 aromatic carbocycles. The summed E-state index contributed by atoms with van der Waals surface area (Å²) in [7, 11) is 0. The van der Waals surface area contributed by atoms with Crippen molar-refractivity contribution in [2.75, 3.05) is 17.2 Å². The highest BCUT2D eigenvalue weighted by atomic mass is 79.9. The number of rotatable bonds is 5. The second kappa shape index (κ2) is 6.95. The number of halogens is 4. The third-order valence-electron chi connectivity index (χ3n) is 2.71. The second-order valence-electron chi connectivity index (χ2n) is 4.47. The Morgan fingerprint density at radius 2 is 1.91 bits per heavy atom. The summed E-state index contributed by atoms with van der Waals surface area (Å²) in [5, 5.41) is 5.59. The van der Waals surface area contributed by atoms with Crippen LogP contribution in [0.5, 0.6) is 0 Å². The highest BCUT2D eigenvalue weighted by Gasteiger charge is 2.33. The number of nitrogens with zero attached hydrogens (tertiary/aromatic N) is 2. The number of nitrogens with one attached hydrogen (secondary N) is 2. The molecule has 0 amide bonds. The van der Waals surface area contributed by atoms with Crippen molar-refractivity contribution in [2.24, 2.45) is 0 Å². The summed E-state index contributed by atoms with van der Waals surface area (Å²) in [6, 6.07) is 8.38. The zero-order valence-electron chi connectivity index (χ0n) is 11.7. The van der Waals surface area contributed by atoms with E-state index >= 15 is 0 Å². The molecule has 0 aliphatic carbocycles. The summed E-state index contributed by atoms with van der Waals surface area (Å²) in [5.74, 6) is 0.0762. The number of hydrogen-bond donors (Lipinski definition) is 2. The molecule has 0 atom stereocenters. The number of alkyl halides is 3. The highest BCUT2D eigenvalue weighted by Crippen LogP contribution is 2.29. The molecule has 0 radical (unpaired) electrons. The van der Waals surface area contributed by atoms with Gasteiger partial charge >= 0.3 is 6.18 Å². The fourth-order valence-corrected chi connectivity index (χ4v) is 2.21. The van der Waals surface area contributed by atoms with Gasteiger partial charge in [0.05, 0.1) is 0 Å². The molecular weight excluding hydrogens is 361 g/mol. The van der Waals surface area contributed by atoms with Crippen LogP contribution in [0, 0.1) is 0 Å². The Kier molecular flexibility index (Phi) is 5.23. The third kappa shape index (κ3) is 4.59. The summed E-state index contributed by atoms with van der Waals surface area (Å²) in [5.41, 5.74) is -0.0539. The topological polar surface area (TPSA) is 49.8 Å². The van der Waals surface area contributed by atoms with E-state index in [-0.39, 0.29) is 11.8 Å². The van der Waals surface area contributed by atoms with Crippen molar-refractivity contribution in [1.29, 1.82) is 0 Å². The van der Waals surface area contributed by atoms with Gasteiger partial charge in [-0.3, -0.25) is 0 Å². The number of benzene rings is 1. The molecule has 0 saturated heterocycles. The van der Waals surface area contributed by atoms with Crippen molar-refractivity contribution in [3.8, 4) is 0 Å². The van der Waals surface area contributed by atoms with E-state index in [1.54, 1.807) is 6.92 Å². The SMILES string of the molecule is CCNc1nc(NCc2cccc(Br)c2)cc(C(F)(F)F)n1. The fourth-order valence-electron chi connectivity index (χ4n) is 1.76. The van der Waals surface area contributed by atoms with Crippen LogP contribution in [-0.4, -0.2) is 16.5 Å². The second-order valence-corrected chi connectivity index (χ2v) is 5.39. The molecule has 1 heterocycles. The maximum Gasteiger partial charge on any atom is 0.433 e. The van der Waals surface area contributed by atoms with Crippen LogP contribution < -0.4 is 10.6 Å². The van der Waals surface area contributed by atoms with Gasteiger partial charge in [-0.15, -0.1) is 0 Å². The molecule has 2 aromatic rings. The minimum absolute atomic E-state index is 0.0472. The first-order valence-corrected chi connectivity index (χ1v) is 7.36. The summed E-state index contributed by atoms with van der Waals surface area (Å²) in [6.07, 6.45) is -4.51. The maximum absolute atomic E-state index is 12.9. The molecule has 0 aliphatic rings. The number of hydrogen-bond acceptors (Lipinski definition) is 4. The maximum atomic E-state index is 12.9. The molecule has 8 heteroatoms. The van der Waals surface area contributed by atoms with E-state index < -0.39 is 11.9 Å². The lowest BCUT2D eigenvalue weighted by Crippen LogP contribution is -2.14. The van der Waals surface area contributed by atoms with E-state index in [9.17, 15) is 13.2 Å². The average Bonchev–Trinajstić information content (AvgIpc) is 2.44. The Labute approximate surface area is 134 Å². The molecule has 0 aliphatic heterocycles. The zero-order chi connectivity index (χ0) is 16.2. The first-order chi connectivity index (χ1) is 10.4. The third-order valence-corrected chi connectivity index (χ3v) is 3.21. The van der Waals surface area contributed by atoms with Gasteiger partial charge in [-0.1, -0.05) is 28.1 Å². The minimum Gasteiger partial charge on any atom is -0.366 e. The predicted octanol–water partition coefficient (Wildman–Crippen LogP) is 4.30. The van der Waals surface area contributed by atoms with Gasteiger partial charge in [-0.2, -0.15) is 18.2 Å². The summed E-state index contributed by atoms with van der Waals surface area (Å²) in [4.78, 5) is 7.50. The van der Waals surface area contributed by atoms with Crippen LogP contribution >= 0.6 is 15.9 Å². The Morgan fingerprint density at radius 3 is 2.55 bits per heavy atom. The lowest BCUT2D eigenvalue weighted by molar-refractivity contribution is -0.141. The van der Waals surface area contributed by atoms with Crippen molar-refractivity contribution < 1.29 is 13.2 Å². The molecule has 0 unspecified atom stereocenters. The van der Waals surface area contributed by atoms with E-state index in [1.807, 2.05) is 24.3 Å². The molecule has 0 bridgehead atoms. The van der Waals surface area contributed by atoms with Gasteiger partial charge in [0.25, 0.3) is 0 Å². The van der Waals surface area contributed by atoms with E-state index in [4.69, 9.17) is 0 Å². The first-order valence-electron chi connectivity index (χ1n) is 6.57. The number of anilines is 2. The van der Waals surface area contributed by atoms with Crippen LogP contribution in [0.25, 0.3) is 0 Å². The Balaban J connectivity index is 2.20. The minimum atomic E-state index is -4.51. The van der Waals surface area contributed by atoms with Crippen LogP contribution in [0.4, 0.5) is 24.9 Å². The molecule has 1 aromatic heterocycles. The van der Waals surface area contributed by atoms with Crippen molar-refractivity contribution in [1.82, 2.24) is 9.97 Å². The van der Waals surface area contributed by atoms with E-state index in [1.165, 1.54) is 0 Å². The van der Waals surface area contributed by atoms with Crippen molar-refractivity contribution in [2.45, 2.75) is 19.6 Å². The average molecular weight is 375 g/mol. The molecule has 0 spiro atoms. The predicted molar refractivity (Wildman–Crippen MR) is 82.7 cm³/mol. The quantitative estimate of drug-likeness (QED) is 0.818. The largest absolute Gasteiger partial charge is 0.433 e. The Bertz CT molecular complexity index is 646. The van der Waals surface area contributed by atoms with Gasteiger partial charge in [-0.05, 0) is 24.6 Å². The number of aromatic nitrogens is 2. The summed E-state index contributed by atoms with van der Waals surface area (Å²) in [6.45, 7) is 2.56. The fraction of sp³-hybridized carbons (Fsp3) is 0.286. The lowest BCUT2D eigenvalue weighted by Gasteiger charge is -2.12. The van der Waals surface area contributed by atoms with Gasteiger partial charge in [-0.25, -0.2) is 4.98 Å². The van der Waals surface area contributed by atoms with Crippen molar-refractivity contribution >= 4 is 27.7 Å². The molecule has 0 fully saturated rings. The molecule has 4 nitrogen and oxygen atoms in total. The first kappa shape index (κ1) is 16.5. The van der Waals surface area contributed by atoms with Crippen molar-refractivity contribution in [3.63, 3.8) is 0 Å². The van der Waals surface area contributed by atoms with Gasteiger partial charge in [0.15, 0.2) is 5.69 Å². The van der Waals surface area contributed by atoms with Gasteiger partial charge < -0.3 is 10.6 Å². The Morgan fingerprint density at radius 1 is 1.14 bits per heavy atom. The van der Waals surface area contributed by atoms with Crippen LogP contribution in [0.2, 0.25) is 0 Å². The van der Waals surface area contributed by atoms with E-state index in [0.717, 1.165) is 16.1 Å². The standard InChI is InChI=1S/C14H14BrF3N4/c1-2-19-13-21-11(14(16,17)18)7-12(22-13)20-8-9-4-3-5-10(15)6-9/h3-7H,2,8H2,1H3,(H2,19,20,21,22). The zero-order valence-corrected chi connectivity index (χ0v) is 13.3. The summed E-state index contributed by atoms with van der Waals surface area (Å²) >= 11 is 3.35. The van der Waals surface area contributed by atoms with Crippen LogP contribution in [-0.2, 0) is 12.7 Å². The van der Waals surface area contributed by atoms with Crippen LogP contribution in [0.15, 0.2) is 34.8 Å². The van der Waals surface area contributed by atoms with Crippen LogP contribution in [0.3, 0.4) is 0 Å². The van der Waals surface area contributed by atoms with Gasteiger partial charge in [0.2, 0.25) is 5.95 Å². The Hall–Kier alpha value is -1.83. The normalized spacial score (nSPS) is 11.3. The molecule has 22 heavy (non-hydrogen) atoms. The smallest absolute Gasteiger partial charge is 0.366 e. The lowest BCUT2D eigenvalue weighted by atomic mass is 10.2. The highest BCUT2D eigenvalue weighted by molar-refractivity contribution is 9.10. The van der Waals surface area contributed by atoms with E-state index in [0.29, 0.717) is 13.1 Å². The van der Waals surface area contributed by atoms with Crippen molar-refractivity contribution in [3.05, 3.63) is 46.1 Å².